The highest BCUT2D eigenvalue weighted by Crippen LogP contribution is 2.33. The topological polar surface area (TPSA) is 84.2 Å². The van der Waals surface area contributed by atoms with Gasteiger partial charge in [-0.2, -0.15) is 0 Å². The number of para-hydroxylation sites is 2. The van der Waals surface area contributed by atoms with E-state index in [0.717, 1.165) is 17.1 Å². The molecule has 0 amide bonds. The van der Waals surface area contributed by atoms with Crippen molar-refractivity contribution in [2.24, 2.45) is 0 Å². The standard InChI is InChI=1S/C18H17FN4O3/c19-12-5-6-16(23(25)26)17(11-12)21-9-7-13(8-10-21)22-15-4-2-1-3-14(15)20-18(22)24/h1-6,11,13H,7-10H2,(H,20,24). The molecule has 0 bridgehead atoms. The molecule has 134 valence electrons. The summed E-state index contributed by atoms with van der Waals surface area (Å²) in [5.74, 6) is -0.499. The van der Waals surface area contributed by atoms with Crippen LogP contribution in [0.1, 0.15) is 18.9 Å². The van der Waals surface area contributed by atoms with Crippen molar-refractivity contribution >= 4 is 22.4 Å². The molecule has 0 saturated carbocycles. The second kappa shape index (κ2) is 6.29. The Morgan fingerprint density at radius 3 is 2.62 bits per heavy atom. The van der Waals surface area contributed by atoms with E-state index >= 15 is 0 Å². The lowest BCUT2D eigenvalue weighted by atomic mass is 10.0. The summed E-state index contributed by atoms with van der Waals surface area (Å²) < 4.78 is 15.4. The van der Waals surface area contributed by atoms with E-state index in [1.54, 1.807) is 4.57 Å². The Balaban J connectivity index is 1.60. The first-order valence-electron chi connectivity index (χ1n) is 8.43. The smallest absolute Gasteiger partial charge is 0.326 e. The van der Waals surface area contributed by atoms with Crippen molar-refractivity contribution in [3.63, 3.8) is 0 Å². The lowest BCUT2D eigenvalue weighted by Crippen LogP contribution is -2.37. The van der Waals surface area contributed by atoms with Crippen LogP contribution in [0.5, 0.6) is 0 Å². The number of hydrogen-bond acceptors (Lipinski definition) is 4. The summed E-state index contributed by atoms with van der Waals surface area (Å²) in [7, 11) is 0. The number of imidazole rings is 1. The predicted octanol–water partition coefficient (Wildman–Crippen LogP) is 3.22. The van der Waals surface area contributed by atoms with Gasteiger partial charge in [0.05, 0.1) is 16.0 Å². The third-order valence-electron chi connectivity index (χ3n) is 4.93. The second-order valence-corrected chi connectivity index (χ2v) is 6.43. The lowest BCUT2D eigenvalue weighted by Gasteiger charge is -2.33. The van der Waals surface area contributed by atoms with E-state index in [0.29, 0.717) is 31.6 Å². The van der Waals surface area contributed by atoms with Crippen LogP contribution in [-0.4, -0.2) is 27.6 Å². The molecule has 1 saturated heterocycles. The van der Waals surface area contributed by atoms with Crippen LogP contribution in [0.2, 0.25) is 0 Å². The van der Waals surface area contributed by atoms with Gasteiger partial charge in [-0.15, -0.1) is 0 Å². The molecule has 1 N–H and O–H groups in total. The van der Waals surface area contributed by atoms with Crippen molar-refractivity contribution in [2.75, 3.05) is 18.0 Å². The quantitative estimate of drug-likeness (QED) is 0.577. The monoisotopic (exact) mass is 356 g/mol. The van der Waals surface area contributed by atoms with Crippen molar-refractivity contribution in [1.82, 2.24) is 9.55 Å². The molecular weight excluding hydrogens is 339 g/mol. The van der Waals surface area contributed by atoms with Crippen LogP contribution in [0.3, 0.4) is 0 Å². The summed E-state index contributed by atoms with van der Waals surface area (Å²) in [6.45, 7) is 1.03. The highest BCUT2D eigenvalue weighted by molar-refractivity contribution is 5.75. The maximum absolute atomic E-state index is 13.6. The number of aromatic amines is 1. The van der Waals surface area contributed by atoms with Crippen molar-refractivity contribution in [1.29, 1.82) is 0 Å². The zero-order valence-corrected chi connectivity index (χ0v) is 13.9. The zero-order chi connectivity index (χ0) is 18.3. The predicted molar refractivity (Wildman–Crippen MR) is 96.1 cm³/mol. The number of anilines is 1. The molecule has 1 aliphatic heterocycles. The molecule has 0 aliphatic carbocycles. The van der Waals surface area contributed by atoms with Gasteiger partial charge >= 0.3 is 5.69 Å². The van der Waals surface area contributed by atoms with Gasteiger partial charge in [0.15, 0.2) is 0 Å². The van der Waals surface area contributed by atoms with Crippen molar-refractivity contribution in [3.05, 3.63) is 68.9 Å². The molecule has 2 aromatic carbocycles. The van der Waals surface area contributed by atoms with Gasteiger partial charge in [-0.1, -0.05) is 12.1 Å². The third kappa shape index (κ3) is 2.73. The Labute approximate surface area is 147 Å². The molecule has 0 atom stereocenters. The molecule has 2 heterocycles. The molecule has 1 aromatic heterocycles. The van der Waals surface area contributed by atoms with E-state index in [1.165, 1.54) is 12.1 Å². The van der Waals surface area contributed by atoms with Gasteiger partial charge < -0.3 is 9.88 Å². The minimum Gasteiger partial charge on any atom is -0.366 e. The number of nitro benzene ring substituents is 1. The normalized spacial score (nSPS) is 15.5. The molecule has 3 aromatic rings. The first-order valence-corrected chi connectivity index (χ1v) is 8.43. The summed E-state index contributed by atoms with van der Waals surface area (Å²) in [5.41, 5.74) is 1.68. The largest absolute Gasteiger partial charge is 0.366 e. The number of hydrogen-bond donors (Lipinski definition) is 1. The number of piperidine rings is 1. The van der Waals surface area contributed by atoms with Crippen LogP contribution in [0.4, 0.5) is 15.8 Å². The molecular formula is C18H17FN4O3. The number of rotatable bonds is 3. The Morgan fingerprint density at radius 2 is 1.88 bits per heavy atom. The zero-order valence-electron chi connectivity index (χ0n) is 13.9. The number of benzene rings is 2. The van der Waals surface area contributed by atoms with Crippen LogP contribution in [0.25, 0.3) is 11.0 Å². The Kier molecular flexibility index (Phi) is 3.95. The number of nitrogens with one attached hydrogen (secondary N) is 1. The fourth-order valence-electron chi connectivity index (χ4n) is 3.71. The molecule has 0 radical (unpaired) electrons. The van der Waals surface area contributed by atoms with Gasteiger partial charge in [0.1, 0.15) is 11.5 Å². The lowest BCUT2D eigenvalue weighted by molar-refractivity contribution is -0.384. The fourth-order valence-corrected chi connectivity index (χ4v) is 3.71. The van der Waals surface area contributed by atoms with E-state index < -0.39 is 10.7 Å². The van der Waals surface area contributed by atoms with Crippen molar-refractivity contribution < 1.29 is 9.31 Å². The number of halogens is 1. The number of nitro groups is 1. The van der Waals surface area contributed by atoms with Crippen LogP contribution >= 0.6 is 0 Å². The molecule has 26 heavy (non-hydrogen) atoms. The summed E-state index contributed by atoms with van der Waals surface area (Å²) >= 11 is 0. The second-order valence-electron chi connectivity index (χ2n) is 6.43. The Hall–Kier alpha value is -3.16. The van der Waals surface area contributed by atoms with Crippen LogP contribution < -0.4 is 10.6 Å². The van der Waals surface area contributed by atoms with E-state index in [4.69, 9.17) is 0 Å². The summed E-state index contributed by atoms with van der Waals surface area (Å²) in [5, 5.41) is 11.2. The van der Waals surface area contributed by atoms with Gasteiger partial charge in [0.25, 0.3) is 5.69 Å². The highest BCUT2D eigenvalue weighted by atomic mass is 19.1. The minimum atomic E-state index is -0.499. The Bertz CT molecular complexity index is 1030. The fraction of sp³-hybridized carbons (Fsp3) is 0.278. The maximum atomic E-state index is 13.6. The molecule has 4 rings (SSSR count). The Morgan fingerprint density at radius 1 is 1.15 bits per heavy atom. The van der Waals surface area contributed by atoms with E-state index in [-0.39, 0.29) is 17.4 Å². The summed E-state index contributed by atoms with van der Waals surface area (Å²) in [4.78, 5) is 27.7. The van der Waals surface area contributed by atoms with Gasteiger partial charge in [-0.05, 0) is 31.0 Å². The number of nitrogens with zero attached hydrogens (tertiary/aromatic N) is 3. The van der Waals surface area contributed by atoms with Gasteiger partial charge in [-0.3, -0.25) is 14.7 Å². The molecule has 0 spiro atoms. The van der Waals surface area contributed by atoms with Crippen molar-refractivity contribution in [3.8, 4) is 0 Å². The van der Waals surface area contributed by atoms with E-state index in [9.17, 15) is 19.3 Å². The molecule has 8 heteroatoms. The SMILES string of the molecule is O=c1[nH]c2ccccc2n1C1CCN(c2cc(F)ccc2[N+](=O)[O-])CC1. The average molecular weight is 356 g/mol. The van der Waals surface area contributed by atoms with Crippen LogP contribution in [-0.2, 0) is 0 Å². The molecule has 1 aliphatic rings. The minimum absolute atomic E-state index is 0.00233. The summed E-state index contributed by atoms with van der Waals surface area (Å²) in [6, 6.07) is 11.0. The van der Waals surface area contributed by atoms with Gasteiger partial charge in [0, 0.05) is 31.3 Å². The molecule has 7 nitrogen and oxygen atoms in total. The first kappa shape index (κ1) is 16.3. The highest BCUT2D eigenvalue weighted by Gasteiger charge is 2.27. The van der Waals surface area contributed by atoms with E-state index in [2.05, 4.69) is 4.98 Å². The van der Waals surface area contributed by atoms with Gasteiger partial charge in [-0.25, -0.2) is 9.18 Å². The number of aromatic nitrogens is 2. The average Bonchev–Trinajstić information content (AvgIpc) is 2.97. The molecule has 0 unspecified atom stereocenters. The number of fused-ring (bicyclic) bond motifs is 1. The maximum Gasteiger partial charge on any atom is 0.326 e. The van der Waals surface area contributed by atoms with Crippen molar-refractivity contribution in [2.45, 2.75) is 18.9 Å². The first-order chi connectivity index (χ1) is 12.5. The summed E-state index contributed by atoms with van der Waals surface area (Å²) in [6.07, 6.45) is 1.30. The number of H-pyrrole nitrogens is 1. The molecule has 1 fully saturated rings. The van der Waals surface area contributed by atoms with Crippen LogP contribution in [0, 0.1) is 15.9 Å². The van der Waals surface area contributed by atoms with Gasteiger partial charge in [0.2, 0.25) is 0 Å². The van der Waals surface area contributed by atoms with E-state index in [1.807, 2.05) is 29.2 Å². The third-order valence-corrected chi connectivity index (χ3v) is 4.93. The van der Waals surface area contributed by atoms with Crippen LogP contribution in [0.15, 0.2) is 47.3 Å².